The SMILES string of the molecule is COc1ccc(OC)c([C@H](C)NC(=O)Nc2ccc3c(c2)COC3)c1. The van der Waals surface area contributed by atoms with Crippen LogP contribution in [-0.2, 0) is 18.0 Å². The summed E-state index contributed by atoms with van der Waals surface area (Å²) >= 11 is 0. The van der Waals surface area contributed by atoms with E-state index in [4.69, 9.17) is 14.2 Å². The summed E-state index contributed by atoms with van der Waals surface area (Å²) in [6.07, 6.45) is 0. The number of carbonyl (C=O) groups is 1. The molecule has 0 fully saturated rings. The lowest BCUT2D eigenvalue weighted by Crippen LogP contribution is -2.31. The van der Waals surface area contributed by atoms with Gasteiger partial charge in [0.2, 0.25) is 0 Å². The fraction of sp³-hybridized carbons (Fsp3) is 0.316. The molecule has 0 aromatic heterocycles. The summed E-state index contributed by atoms with van der Waals surface area (Å²) in [6, 6.07) is 10.8. The summed E-state index contributed by atoms with van der Waals surface area (Å²) in [4.78, 5) is 12.3. The van der Waals surface area contributed by atoms with Gasteiger partial charge < -0.3 is 24.8 Å². The van der Waals surface area contributed by atoms with Crippen molar-refractivity contribution in [3.8, 4) is 11.5 Å². The first-order valence-electron chi connectivity index (χ1n) is 8.09. The zero-order valence-corrected chi connectivity index (χ0v) is 14.6. The number of benzene rings is 2. The Hall–Kier alpha value is -2.73. The Morgan fingerprint density at radius 2 is 1.88 bits per heavy atom. The Bertz CT molecular complexity index is 776. The molecule has 25 heavy (non-hydrogen) atoms. The quantitative estimate of drug-likeness (QED) is 0.871. The molecule has 0 radical (unpaired) electrons. The molecule has 132 valence electrons. The molecule has 1 aliphatic heterocycles. The van der Waals surface area contributed by atoms with Crippen molar-refractivity contribution in [1.29, 1.82) is 0 Å². The number of hydrogen-bond acceptors (Lipinski definition) is 4. The Morgan fingerprint density at radius 1 is 1.08 bits per heavy atom. The van der Waals surface area contributed by atoms with E-state index in [1.54, 1.807) is 14.2 Å². The number of methoxy groups -OCH3 is 2. The lowest BCUT2D eigenvalue weighted by Gasteiger charge is -2.18. The molecule has 6 nitrogen and oxygen atoms in total. The number of nitrogens with one attached hydrogen (secondary N) is 2. The van der Waals surface area contributed by atoms with Crippen LogP contribution < -0.4 is 20.1 Å². The second-order valence-corrected chi connectivity index (χ2v) is 5.90. The van der Waals surface area contributed by atoms with Gasteiger partial charge in [-0.2, -0.15) is 0 Å². The van der Waals surface area contributed by atoms with E-state index in [0.717, 1.165) is 16.8 Å². The molecule has 1 atom stereocenters. The van der Waals surface area contributed by atoms with E-state index < -0.39 is 0 Å². The molecule has 0 unspecified atom stereocenters. The highest BCUT2D eigenvalue weighted by Gasteiger charge is 2.16. The van der Waals surface area contributed by atoms with E-state index in [0.29, 0.717) is 24.7 Å². The van der Waals surface area contributed by atoms with Gasteiger partial charge in [0.25, 0.3) is 0 Å². The van der Waals surface area contributed by atoms with Gasteiger partial charge in [-0.05, 0) is 48.4 Å². The fourth-order valence-corrected chi connectivity index (χ4v) is 2.87. The Kier molecular flexibility index (Phi) is 5.09. The van der Waals surface area contributed by atoms with Gasteiger partial charge in [0, 0.05) is 11.3 Å². The first kappa shape index (κ1) is 17.1. The minimum atomic E-state index is -0.281. The van der Waals surface area contributed by atoms with E-state index in [1.165, 1.54) is 5.56 Å². The van der Waals surface area contributed by atoms with E-state index in [1.807, 2.05) is 43.3 Å². The first-order valence-corrected chi connectivity index (χ1v) is 8.09. The number of rotatable bonds is 5. The van der Waals surface area contributed by atoms with Gasteiger partial charge in [0.05, 0.1) is 33.5 Å². The third-order valence-corrected chi connectivity index (χ3v) is 4.23. The predicted molar refractivity (Wildman–Crippen MR) is 95.1 cm³/mol. The molecule has 1 heterocycles. The standard InChI is InChI=1S/C19H22N2O4/c1-12(17-9-16(23-2)6-7-18(17)24-3)20-19(22)21-15-5-4-13-10-25-11-14(13)8-15/h4-9,12H,10-11H2,1-3H3,(H2,20,21,22)/t12-/m0/s1. The fourth-order valence-electron chi connectivity index (χ4n) is 2.87. The Balaban J connectivity index is 1.68. The molecule has 6 heteroatoms. The monoisotopic (exact) mass is 342 g/mol. The normalized spacial score (nSPS) is 13.7. The molecular formula is C19H22N2O4. The number of ether oxygens (including phenoxy) is 3. The Morgan fingerprint density at radius 3 is 2.64 bits per heavy atom. The molecule has 2 aromatic carbocycles. The number of amides is 2. The average Bonchev–Trinajstić information content (AvgIpc) is 3.08. The lowest BCUT2D eigenvalue weighted by molar-refractivity contribution is 0.134. The van der Waals surface area contributed by atoms with Crippen LogP contribution in [0.1, 0.15) is 29.7 Å². The van der Waals surface area contributed by atoms with E-state index in [9.17, 15) is 4.79 Å². The van der Waals surface area contributed by atoms with Crippen LogP contribution in [0.5, 0.6) is 11.5 Å². The van der Waals surface area contributed by atoms with Crippen LogP contribution >= 0.6 is 0 Å². The van der Waals surface area contributed by atoms with Crippen LogP contribution in [0, 0.1) is 0 Å². The molecule has 0 saturated carbocycles. The van der Waals surface area contributed by atoms with E-state index >= 15 is 0 Å². The maximum absolute atomic E-state index is 12.3. The van der Waals surface area contributed by atoms with Gasteiger partial charge in [-0.1, -0.05) is 6.07 Å². The summed E-state index contributed by atoms with van der Waals surface area (Å²) in [5.41, 5.74) is 3.87. The minimum absolute atomic E-state index is 0.247. The molecule has 0 saturated heterocycles. The minimum Gasteiger partial charge on any atom is -0.497 e. The molecule has 3 rings (SSSR count). The van der Waals surface area contributed by atoms with Crippen molar-refractivity contribution < 1.29 is 19.0 Å². The Labute approximate surface area is 147 Å². The summed E-state index contributed by atoms with van der Waals surface area (Å²) in [5, 5.41) is 5.78. The highest BCUT2D eigenvalue weighted by molar-refractivity contribution is 5.89. The van der Waals surface area contributed by atoms with Crippen molar-refractivity contribution in [2.75, 3.05) is 19.5 Å². The van der Waals surface area contributed by atoms with Crippen molar-refractivity contribution in [1.82, 2.24) is 5.32 Å². The number of urea groups is 1. The van der Waals surface area contributed by atoms with E-state index in [2.05, 4.69) is 10.6 Å². The second kappa shape index (κ2) is 7.44. The van der Waals surface area contributed by atoms with Crippen LogP contribution in [0.2, 0.25) is 0 Å². The lowest BCUT2D eigenvalue weighted by atomic mass is 10.1. The van der Waals surface area contributed by atoms with Crippen LogP contribution in [0.3, 0.4) is 0 Å². The largest absolute Gasteiger partial charge is 0.497 e. The maximum atomic E-state index is 12.3. The molecule has 0 aliphatic carbocycles. The number of anilines is 1. The molecule has 0 bridgehead atoms. The summed E-state index contributed by atoms with van der Waals surface area (Å²) < 4.78 is 16.0. The van der Waals surface area contributed by atoms with Gasteiger partial charge in [0.1, 0.15) is 11.5 Å². The first-order chi connectivity index (χ1) is 12.1. The van der Waals surface area contributed by atoms with Crippen molar-refractivity contribution in [2.45, 2.75) is 26.2 Å². The molecule has 2 N–H and O–H groups in total. The van der Waals surface area contributed by atoms with Gasteiger partial charge in [-0.3, -0.25) is 0 Å². The molecular weight excluding hydrogens is 320 g/mol. The number of hydrogen-bond donors (Lipinski definition) is 2. The summed E-state index contributed by atoms with van der Waals surface area (Å²) in [5.74, 6) is 1.41. The van der Waals surface area contributed by atoms with Crippen molar-refractivity contribution >= 4 is 11.7 Å². The van der Waals surface area contributed by atoms with Gasteiger partial charge in [0.15, 0.2) is 0 Å². The van der Waals surface area contributed by atoms with Crippen LogP contribution in [0.25, 0.3) is 0 Å². The average molecular weight is 342 g/mol. The predicted octanol–water partition coefficient (Wildman–Crippen LogP) is 3.62. The summed E-state index contributed by atoms with van der Waals surface area (Å²) in [6.45, 7) is 3.12. The molecule has 1 aliphatic rings. The van der Waals surface area contributed by atoms with Crippen LogP contribution in [0.15, 0.2) is 36.4 Å². The second-order valence-electron chi connectivity index (χ2n) is 5.90. The number of carbonyl (C=O) groups excluding carboxylic acids is 1. The van der Waals surface area contributed by atoms with Crippen molar-refractivity contribution in [2.24, 2.45) is 0 Å². The molecule has 2 aromatic rings. The zero-order valence-electron chi connectivity index (χ0n) is 14.6. The summed E-state index contributed by atoms with van der Waals surface area (Å²) in [7, 11) is 3.21. The van der Waals surface area contributed by atoms with Gasteiger partial charge in [-0.25, -0.2) is 4.79 Å². The highest BCUT2D eigenvalue weighted by Crippen LogP contribution is 2.29. The van der Waals surface area contributed by atoms with Crippen LogP contribution in [-0.4, -0.2) is 20.3 Å². The number of fused-ring (bicyclic) bond motifs is 1. The van der Waals surface area contributed by atoms with E-state index in [-0.39, 0.29) is 12.1 Å². The smallest absolute Gasteiger partial charge is 0.319 e. The van der Waals surface area contributed by atoms with Crippen LogP contribution in [0.4, 0.5) is 10.5 Å². The van der Waals surface area contributed by atoms with Gasteiger partial charge in [-0.15, -0.1) is 0 Å². The molecule has 2 amide bonds. The maximum Gasteiger partial charge on any atom is 0.319 e. The third kappa shape index (κ3) is 3.85. The zero-order chi connectivity index (χ0) is 17.8. The van der Waals surface area contributed by atoms with Gasteiger partial charge >= 0.3 is 6.03 Å². The topological polar surface area (TPSA) is 68.8 Å². The molecule has 0 spiro atoms. The third-order valence-electron chi connectivity index (χ3n) is 4.23. The van der Waals surface area contributed by atoms with Crippen molar-refractivity contribution in [3.05, 3.63) is 53.1 Å². The van der Waals surface area contributed by atoms with Crippen molar-refractivity contribution in [3.63, 3.8) is 0 Å². The highest BCUT2D eigenvalue weighted by atomic mass is 16.5.